The molecule has 0 saturated carbocycles. The van der Waals surface area contributed by atoms with Crippen molar-refractivity contribution in [1.82, 2.24) is 4.90 Å². The van der Waals surface area contributed by atoms with E-state index in [4.69, 9.17) is 18.9 Å². The molecule has 0 spiro atoms. The molecule has 3 aromatic rings. The van der Waals surface area contributed by atoms with Gasteiger partial charge < -0.3 is 29.0 Å². The maximum Gasteiger partial charge on any atom is 0.295 e. The Balaban J connectivity index is 1.48. The molecular weight excluding hydrogens is 462 g/mol. The number of hydrogen-bond donors (Lipinski definition) is 1. The van der Waals surface area contributed by atoms with Crippen molar-refractivity contribution in [2.24, 2.45) is 0 Å². The number of ether oxygens (including phenoxy) is 4. The average molecular weight is 488 g/mol. The summed E-state index contributed by atoms with van der Waals surface area (Å²) in [4.78, 5) is 27.5. The number of ketones is 1. The highest BCUT2D eigenvalue weighted by Gasteiger charge is 2.46. The highest BCUT2D eigenvalue weighted by Crippen LogP contribution is 2.41. The normalized spacial score (nSPS) is 18.0. The van der Waals surface area contributed by atoms with E-state index in [1.165, 1.54) is 12.0 Å². The van der Waals surface area contributed by atoms with Crippen LogP contribution in [0.15, 0.2) is 78.4 Å². The van der Waals surface area contributed by atoms with Crippen LogP contribution < -0.4 is 14.2 Å². The van der Waals surface area contributed by atoms with Crippen molar-refractivity contribution >= 4 is 17.4 Å². The molecule has 1 fully saturated rings. The van der Waals surface area contributed by atoms with Crippen LogP contribution in [0, 0.1) is 0 Å². The van der Waals surface area contributed by atoms with E-state index >= 15 is 0 Å². The summed E-state index contributed by atoms with van der Waals surface area (Å²) in [6.45, 7) is 0.929. The number of Topliss-reactive ketones (excluding diaryl/α,β-unsaturated/α-hetero) is 1. The Morgan fingerprint density at radius 2 is 1.75 bits per heavy atom. The van der Waals surface area contributed by atoms with Crippen molar-refractivity contribution in [3.05, 3.63) is 95.1 Å². The smallest absolute Gasteiger partial charge is 0.295 e. The minimum Gasteiger partial charge on any atom is -0.507 e. The third kappa shape index (κ3) is 4.50. The summed E-state index contributed by atoms with van der Waals surface area (Å²) in [6, 6.07) is 21.1. The fourth-order valence-corrected chi connectivity index (χ4v) is 4.33. The summed E-state index contributed by atoms with van der Waals surface area (Å²) in [5.41, 5.74) is 2.07. The standard InChI is InChI=1S/C28H25NO7/c1-33-14-13-29-25(19-7-10-21(11-8-19)34-16-18-5-3-2-4-6-18)24(27(31)28(29)32)26(30)20-9-12-22-23(15-20)36-17-35-22/h2-12,15,25,30H,13-14,16-17H2,1H3/b26-24-. The SMILES string of the molecule is COCCN1C(=O)C(=O)/C(=C(\O)c2ccc3c(c2)OCO3)C1c1ccc(OCc2ccccc2)cc1. The van der Waals surface area contributed by atoms with Gasteiger partial charge in [-0.15, -0.1) is 0 Å². The third-order valence-corrected chi connectivity index (χ3v) is 6.17. The van der Waals surface area contributed by atoms with Crippen molar-refractivity contribution in [3.63, 3.8) is 0 Å². The van der Waals surface area contributed by atoms with Crippen LogP contribution >= 0.6 is 0 Å². The maximum atomic E-state index is 13.1. The molecule has 1 unspecified atom stereocenters. The van der Waals surface area contributed by atoms with Crippen LogP contribution in [-0.2, 0) is 20.9 Å². The number of aliphatic hydroxyl groups is 1. The number of aliphatic hydroxyl groups excluding tert-OH is 1. The van der Waals surface area contributed by atoms with Crippen LogP contribution in [0.1, 0.15) is 22.7 Å². The van der Waals surface area contributed by atoms with Crippen LogP contribution in [0.5, 0.6) is 17.2 Å². The maximum absolute atomic E-state index is 13.1. The van der Waals surface area contributed by atoms with Gasteiger partial charge in [0, 0.05) is 19.2 Å². The van der Waals surface area contributed by atoms with E-state index in [9.17, 15) is 14.7 Å². The summed E-state index contributed by atoms with van der Waals surface area (Å²) in [7, 11) is 1.52. The van der Waals surface area contributed by atoms with Gasteiger partial charge in [0.15, 0.2) is 11.5 Å². The summed E-state index contributed by atoms with van der Waals surface area (Å²) < 4.78 is 21.8. The van der Waals surface area contributed by atoms with Crippen molar-refractivity contribution in [3.8, 4) is 17.2 Å². The third-order valence-electron chi connectivity index (χ3n) is 6.17. The number of likely N-dealkylation sites (tertiary alicyclic amines) is 1. The molecule has 2 aliphatic heterocycles. The summed E-state index contributed by atoms with van der Waals surface area (Å²) in [6.07, 6.45) is 0. The Kier molecular flexibility index (Phi) is 6.60. The fraction of sp³-hybridized carbons (Fsp3) is 0.214. The molecule has 1 amide bonds. The molecule has 3 aromatic carbocycles. The number of nitrogens with zero attached hydrogens (tertiary/aromatic N) is 1. The largest absolute Gasteiger partial charge is 0.507 e. The van der Waals surface area contributed by atoms with Crippen molar-refractivity contribution < 1.29 is 33.6 Å². The van der Waals surface area contributed by atoms with Crippen LogP contribution in [-0.4, -0.2) is 48.8 Å². The molecule has 5 rings (SSSR count). The molecule has 0 aromatic heterocycles. The van der Waals surface area contributed by atoms with Gasteiger partial charge in [0.25, 0.3) is 11.7 Å². The van der Waals surface area contributed by atoms with E-state index in [1.807, 2.05) is 30.3 Å². The molecule has 8 nitrogen and oxygen atoms in total. The summed E-state index contributed by atoms with van der Waals surface area (Å²) in [5.74, 6) is -0.0634. The lowest BCUT2D eigenvalue weighted by Crippen LogP contribution is -2.32. The number of fused-ring (bicyclic) bond motifs is 1. The van der Waals surface area contributed by atoms with E-state index in [0.717, 1.165) is 5.56 Å². The lowest BCUT2D eigenvalue weighted by Gasteiger charge is -2.25. The molecular formula is C28H25NO7. The lowest BCUT2D eigenvalue weighted by molar-refractivity contribution is -0.140. The molecule has 2 aliphatic rings. The molecule has 8 heteroatoms. The highest BCUT2D eigenvalue weighted by molar-refractivity contribution is 6.46. The summed E-state index contributed by atoms with van der Waals surface area (Å²) >= 11 is 0. The summed E-state index contributed by atoms with van der Waals surface area (Å²) in [5, 5.41) is 11.2. The second-order valence-electron chi connectivity index (χ2n) is 8.40. The molecule has 2 heterocycles. The zero-order chi connectivity index (χ0) is 25.1. The minimum absolute atomic E-state index is 0.00734. The zero-order valence-corrected chi connectivity index (χ0v) is 19.7. The number of methoxy groups -OCH3 is 1. The topological polar surface area (TPSA) is 94.5 Å². The second-order valence-corrected chi connectivity index (χ2v) is 8.40. The Hall–Kier alpha value is -4.30. The van der Waals surface area contributed by atoms with Crippen LogP contribution in [0.3, 0.4) is 0 Å². The first kappa shape index (κ1) is 23.4. The number of amides is 1. The fourth-order valence-electron chi connectivity index (χ4n) is 4.33. The lowest BCUT2D eigenvalue weighted by atomic mass is 9.95. The van der Waals surface area contributed by atoms with E-state index in [0.29, 0.717) is 35.0 Å². The van der Waals surface area contributed by atoms with Gasteiger partial charge in [-0.2, -0.15) is 0 Å². The van der Waals surface area contributed by atoms with Gasteiger partial charge in [0.05, 0.1) is 18.2 Å². The second kappa shape index (κ2) is 10.1. The number of hydrogen-bond acceptors (Lipinski definition) is 7. The van der Waals surface area contributed by atoms with Gasteiger partial charge in [-0.05, 0) is 41.5 Å². The van der Waals surface area contributed by atoms with Gasteiger partial charge in [0.2, 0.25) is 6.79 Å². The van der Waals surface area contributed by atoms with E-state index in [-0.39, 0.29) is 31.3 Å². The van der Waals surface area contributed by atoms with Gasteiger partial charge in [-0.25, -0.2) is 0 Å². The van der Waals surface area contributed by atoms with Crippen LogP contribution in [0.4, 0.5) is 0 Å². The van der Waals surface area contributed by atoms with Crippen molar-refractivity contribution in [2.45, 2.75) is 12.6 Å². The quantitative estimate of drug-likeness (QED) is 0.291. The van der Waals surface area contributed by atoms with E-state index < -0.39 is 17.7 Å². The predicted molar refractivity (Wildman–Crippen MR) is 131 cm³/mol. The Labute approximate surface area is 208 Å². The van der Waals surface area contributed by atoms with E-state index in [2.05, 4.69) is 0 Å². The van der Waals surface area contributed by atoms with Gasteiger partial charge in [0.1, 0.15) is 18.1 Å². The van der Waals surface area contributed by atoms with Crippen molar-refractivity contribution in [2.75, 3.05) is 27.1 Å². The van der Waals surface area contributed by atoms with Gasteiger partial charge in [-0.1, -0.05) is 42.5 Å². The first-order chi connectivity index (χ1) is 17.6. The molecule has 184 valence electrons. The molecule has 1 saturated heterocycles. The molecule has 0 radical (unpaired) electrons. The number of carbonyl (C=O) groups is 2. The molecule has 1 N–H and O–H groups in total. The Bertz CT molecular complexity index is 1300. The van der Waals surface area contributed by atoms with Gasteiger partial charge in [-0.3, -0.25) is 9.59 Å². The predicted octanol–water partition coefficient (Wildman–Crippen LogP) is 4.06. The Morgan fingerprint density at radius 3 is 2.50 bits per heavy atom. The highest BCUT2D eigenvalue weighted by atomic mass is 16.7. The zero-order valence-electron chi connectivity index (χ0n) is 19.7. The molecule has 0 aliphatic carbocycles. The Morgan fingerprint density at radius 1 is 1.00 bits per heavy atom. The number of rotatable bonds is 8. The van der Waals surface area contributed by atoms with Crippen LogP contribution in [0.25, 0.3) is 5.76 Å². The van der Waals surface area contributed by atoms with Crippen LogP contribution in [0.2, 0.25) is 0 Å². The first-order valence-electron chi connectivity index (χ1n) is 11.5. The minimum atomic E-state index is -0.784. The molecule has 36 heavy (non-hydrogen) atoms. The van der Waals surface area contributed by atoms with Gasteiger partial charge >= 0.3 is 0 Å². The average Bonchev–Trinajstić information content (AvgIpc) is 3.48. The number of carbonyl (C=O) groups excluding carboxylic acids is 2. The van der Waals surface area contributed by atoms with E-state index in [1.54, 1.807) is 42.5 Å². The molecule has 0 bridgehead atoms. The molecule has 1 atom stereocenters. The monoisotopic (exact) mass is 487 g/mol. The number of benzene rings is 3. The first-order valence-corrected chi connectivity index (χ1v) is 11.5. The van der Waals surface area contributed by atoms with Crippen molar-refractivity contribution in [1.29, 1.82) is 0 Å².